The van der Waals surface area contributed by atoms with Crippen LogP contribution in [0.25, 0.3) is 0 Å². The highest BCUT2D eigenvalue weighted by atomic mass is 16.4. The number of rotatable bonds is 5. The van der Waals surface area contributed by atoms with Gasteiger partial charge in [0.15, 0.2) is 0 Å². The molecule has 1 aliphatic rings. The number of hydrazine groups is 1. The highest BCUT2D eigenvalue weighted by Gasteiger charge is 2.20. The van der Waals surface area contributed by atoms with Crippen molar-refractivity contribution < 1.29 is 14.7 Å². The molecule has 1 heterocycles. The van der Waals surface area contributed by atoms with E-state index in [1.165, 1.54) is 11.0 Å². The first-order chi connectivity index (χ1) is 8.52. The maximum atomic E-state index is 11.9. The molecule has 7 heteroatoms. The fourth-order valence-electron chi connectivity index (χ4n) is 1.66. The number of carbonyl (C=O) groups excluding carboxylic acids is 1. The molecule has 2 amide bonds. The van der Waals surface area contributed by atoms with Gasteiger partial charge in [-0.25, -0.2) is 9.80 Å². The molecule has 0 spiro atoms. The number of likely N-dealkylation sites (N-methyl/N-ethyl adjacent to an activating group) is 1. The molecular formula is C11H20N4O3. The average Bonchev–Trinajstić information content (AvgIpc) is 2.31. The lowest BCUT2D eigenvalue weighted by molar-refractivity contribution is -0.137. The number of hydrogen-bond acceptors (Lipinski definition) is 4. The number of urea groups is 1. The van der Waals surface area contributed by atoms with Crippen molar-refractivity contribution in [3.8, 4) is 0 Å². The molecule has 0 aliphatic carbocycles. The van der Waals surface area contributed by atoms with Gasteiger partial charge in [0, 0.05) is 32.7 Å². The third-order valence-electron chi connectivity index (χ3n) is 2.72. The van der Waals surface area contributed by atoms with Gasteiger partial charge in [-0.1, -0.05) is 6.08 Å². The fourth-order valence-corrected chi connectivity index (χ4v) is 1.66. The van der Waals surface area contributed by atoms with E-state index in [1.807, 2.05) is 7.05 Å². The molecule has 1 saturated heterocycles. The van der Waals surface area contributed by atoms with Crippen LogP contribution in [0.5, 0.6) is 0 Å². The van der Waals surface area contributed by atoms with E-state index in [-0.39, 0.29) is 13.1 Å². The van der Waals surface area contributed by atoms with Crippen LogP contribution in [-0.2, 0) is 4.79 Å². The van der Waals surface area contributed by atoms with E-state index in [0.29, 0.717) is 0 Å². The first-order valence-electron chi connectivity index (χ1n) is 5.84. The Balaban J connectivity index is 2.45. The van der Waals surface area contributed by atoms with Crippen molar-refractivity contribution in [3.05, 3.63) is 12.7 Å². The maximum Gasteiger partial charge on any atom is 0.332 e. The Labute approximate surface area is 107 Å². The van der Waals surface area contributed by atoms with Gasteiger partial charge in [0.25, 0.3) is 0 Å². The molecule has 18 heavy (non-hydrogen) atoms. The second-order valence-corrected chi connectivity index (χ2v) is 4.27. The molecule has 2 N–H and O–H groups in total. The molecule has 0 aromatic rings. The molecular weight excluding hydrogens is 236 g/mol. The Kier molecular flexibility index (Phi) is 5.60. The lowest BCUT2D eigenvalue weighted by Crippen LogP contribution is -2.56. The summed E-state index contributed by atoms with van der Waals surface area (Å²) >= 11 is 0. The first-order valence-corrected chi connectivity index (χ1v) is 5.84. The molecule has 0 saturated carbocycles. The van der Waals surface area contributed by atoms with Gasteiger partial charge in [-0.3, -0.25) is 10.2 Å². The second-order valence-electron chi connectivity index (χ2n) is 4.27. The minimum atomic E-state index is -1.04. The number of hydrogen-bond donors (Lipinski definition) is 2. The minimum absolute atomic E-state index is 0.214. The SMILES string of the molecule is C=CCN(CC(=O)O)C(=O)NN1CCN(C)CC1. The van der Waals surface area contributed by atoms with Gasteiger partial charge >= 0.3 is 12.0 Å². The smallest absolute Gasteiger partial charge is 0.332 e. The predicted octanol–water partition coefficient (Wildman–Crippen LogP) is -0.569. The Morgan fingerprint density at radius 3 is 2.50 bits per heavy atom. The van der Waals surface area contributed by atoms with Crippen LogP contribution >= 0.6 is 0 Å². The largest absolute Gasteiger partial charge is 0.480 e. The Morgan fingerprint density at radius 1 is 1.39 bits per heavy atom. The molecule has 0 unspecified atom stereocenters. The quantitative estimate of drug-likeness (QED) is 0.644. The van der Waals surface area contributed by atoms with E-state index in [2.05, 4.69) is 16.9 Å². The van der Waals surface area contributed by atoms with E-state index in [1.54, 1.807) is 5.01 Å². The van der Waals surface area contributed by atoms with Crippen LogP contribution in [0.3, 0.4) is 0 Å². The summed E-state index contributed by atoms with van der Waals surface area (Å²) in [4.78, 5) is 25.9. The van der Waals surface area contributed by atoms with Crippen molar-refractivity contribution >= 4 is 12.0 Å². The van der Waals surface area contributed by atoms with Crippen molar-refractivity contribution in [1.29, 1.82) is 0 Å². The summed E-state index contributed by atoms with van der Waals surface area (Å²) in [5, 5.41) is 10.5. The number of nitrogens with zero attached hydrogens (tertiary/aromatic N) is 3. The zero-order valence-corrected chi connectivity index (χ0v) is 10.6. The summed E-state index contributed by atoms with van der Waals surface area (Å²) in [6, 6.07) is -0.401. The van der Waals surface area contributed by atoms with Gasteiger partial charge in [-0.15, -0.1) is 6.58 Å². The van der Waals surface area contributed by atoms with Crippen molar-refractivity contribution in [1.82, 2.24) is 20.2 Å². The minimum Gasteiger partial charge on any atom is -0.480 e. The van der Waals surface area contributed by atoms with E-state index in [9.17, 15) is 9.59 Å². The Morgan fingerprint density at radius 2 is 2.00 bits per heavy atom. The van der Waals surface area contributed by atoms with Gasteiger partial charge in [0.1, 0.15) is 6.54 Å². The van der Waals surface area contributed by atoms with Crippen molar-refractivity contribution in [2.45, 2.75) is 0 Å². The van der Waals surface area contributed by atoms with Crippen LogP contribution in [0.2, 0.25) is 0 Å². The van der Waals surface area contributed by atoms with E-state index in [0.717, 1.165) is 26.2 Å². The van der Waals surface area contributed by atoms with Gasteiger partial charge in [-0.2, -0.15) is 0 Å². The van der Waals surface area contributed by atoms with Crippen LogP contribution in [0.4, 0.5) is 4.79 Å². The van der Waals surface area contributed by atoms with Crippen molar-refractivity contribution in [3.63, 3.8) is 0 Å². The van der Waals surface area contributed by atoms with Crippen LogP contribution < -0.4 is 5.43 Å². The molecule has 0 aromatic heterocycles. The molecule has 7 nitrogen and oxygen atoms in total. The summed E-state index contributed by atoms with van der Waals surface area (Å²) in [7, 11) is 2.02. The summed E-state index contributed by atoms with van der Waals surface area (Å²) in [5.41, 5.74) is 2.71. The summed E-state index contributed by atoms with van der Waals surface area (Å²) in [6.07, 6.45) is 1.51. The third-order valence-corrected chi connectivity index (χ3v) is 2.72. The molecule has 0 radical (unpaired) electrons. The Bertz CT molecular complexity index is 313. The van der Waals surface area contributed by atoms with Crippen molar-refractivity contribution in [2.75, 3.05) is 46.3 Å². The molecule has 1 rings (SSSR count). The molecule has 0 bridgehead atoms. The van der Waals surface area contributed by atoms with Crippen LogP contribution in [0, 0.1) is 0 Å². The van der Waals surface area contributed by atoms with Crippen LogP contribution in [0.15, 0.2) is 12.7 Å². The molecule has 1 fully saturated rings. The zero-order valence-electron chi connectivity index (χ0n) is 10.6. The fraction of sp³-hybridized carbons (Fsp3) is 0.636. The van der Waals surface area contributed by atoms with Gasteiger partial charge in [0.05, 0.1) is 0 Å². The number of carboxylic acid groups (broad SMARTS) is 1. The average molecular weight is 256 g/mol. The summed E-state index contributed by atoms with van der Waals surface area (Å²) in [5.74, 6) is -1.04. The van der Waals surface area contributed by atoms with Gasteiger partial charge in [0.2, 0.25) is 0 Å². The highest BCUT2D eigenvalue weighted by Crippen LogP contribution is 1.97. The van der Waals surface area contributed by atoms with E-state index in [4.69, 9.17) is 5.11 Å². The lowest BCUT2D eigenvalue weighted by Gasteiger charge is -2.33. The predicted molar refractivity (Wildman–Crippen MR) is 67.0 cm³/mol. The molecule has 0 aromatic carbocycles. The first kappa shape index (κ1) is 14.5. The second kappa shape index (κ2) is 6.97. The van der Waals surface area contributed by atoms with E-state index >= 15 is 0 Å². The normalized spacial score (nSPS) is 17.2. The number of carboxylic acids is 1. The van der Waals surface area contributed by atoms with Gasteiger partial charge < -0.3 is 14.9 Å². The van der Waals surface area contributed by atoms with Crippen LogP contribution in [-0.4, -0.2) is 78.2 Å². The van der Waals surface area contributed by atoms with E-state index < -0.39 is 12.0 Å². The Hall–Kier alpha value is -1.60. The van der Waals surface area contributed by atoms with Gasteiger partial charge in [-0.05, 0) is 7.05 Å². The molecule has 1 aliphatic heterocycles. The number of carbonyl (C=O) groups is 2. The maximum absolute atomic E-state index is 11.9. The molecule has 0 atom stereocenters. The summed E-state index contributed by atoms with van der Waals surface area (Å²) in [6.45, 7) is 6.62. The topological polar surface area (TPSA) is 76.1 Å². The summed E-state index contributed by atoms with van der Waals surface area (Å²) < 4.78 is 0. The lowest BCUT2D eigenvalue weighted by atomic mass is 10.4. The number of nitrogens with one attached hydrogen (secondary N) is 1. The number of piperazine rings is 1. The third kappa shape index (κ3) is 4.72. The highest BCUT2D eigenvalue weighted by molar-refractivity contribution is 5.79. The zero-order chi connectivity index (χ0) is 13.5. The monoisotopic (exact) mass is 256 g/mol. The number of amides is 2. The van der Waals surface area contributed by atoms with Crippen LogP contribution in [0.1, 0.15) is 0 Å². The van der Waals surface area contributed by atoms with Crippen molar-refractivity contribution in [2.24, 2.45) is 0 Å². The molecule has 102 valence electrons. The standard InChI is InChI=1S/C11H20N4O3/c1-3-4-14(9-10(16)17)11(18)12-15-7-5-13(2)6-8-15/h3H,1,4-9H2,2H3,(H,12,18)(H,16,17). The number of aliphatic carboxylic acids is 1.